The van der Waals surface area contributed by atoms with Gasteiger partial charge in [0.1, 0.15) is 5.69 Å². The van der Waals surface area contributed by atoms with E-state index in [1.54, 1.807) is 0 Å². The molecular formula is C14H22N2O. The molecule has 3 heteroatoms. The minimum Gasteiger partial charge on any atom is -0.354 e. The molecule has 0 fully saturated rings. The number of amides is 1. The largest absolute Gasteiger partial charge is 0.354 e. The first-order valence-electron chi connectivity index (χ1n) is 6.68. The highest BCUT2D eigenvalue weighted by Gasteiger charge is 2.23. The minimum absolute atomic E-state index is 0.155. The van der Waals surface area contributed by atoms with Crippen LogP contribution < -0.4 is 0 Å². The van der Waals surface area contributed by atoms with E-state index in [2.05, 4.69) is 11.9 Å². The van der Waals surface area contributed by atoms with Crippen LogP contribution in [0.25, 0.3) is 0 Å². The first kappa shape index (κ1) is 12.2. The van der Waals surface area contributed by atoms with Crippen LogP contribution in [0.2, 0.25) is 0 Å². The zero-order valence-electron chi connectivity index (χ0n) is 11.1. The van der Waals surface area contributed by atoms with E-state index in [0.29, 0.717) is 0 Å². The minimum atomic E-state index is 0.155. The Balaban J connectivity index is 2.33. The van der Waals surface area contributed by atoms with E-state index in [1.807, 2.05) is 18.7 Å². The van der Waals surface area contributed by atoms with Crippen LogP contribution in [0.4, 0.5) is 0 Å². The Hall–Kier alpha value is -1.25. The molecule has 1 heterocycles. The smallest absolute Gasteiger partial charge is 0.270 e. The topological polar surface area (TPSA) is 36.1 Å². The highest BCUT2D eigenvalue weighted by atomic mass is 16.2. The molecule has 1 aliphatic carbocycles. The Bertz CT molecular complexity index is 416. The third-order valence-corrected chi connectivity index (χ3v) is 3.84. The first-order chi connectivity index (χ1) is 8.19. The molecule has 1 N–H and O–H groups in total. The molecule has 1 aromatic rings. The Kier molecular flexibility index (Phi) is 3.55. The second kappa shape index (κ2) is 4.94. The van der Waals surface area contributed by atoms with Gasteiger partial charge in [-0.05, 0) is 57.6 Å². The Morgan fingerprint density at radius 2 is 1.88 bits per heavy atom. The van der Waals surface area contributed by atoms with E-state index in [0.717, 1.165) is 31.6 Å². The Labute approximate surface area is 103 Å². The van der Waals surface area contributed by atoms with Gasteiger partial charge in [0, 0.05) is 18.8 Å². The fourth-order valence-corrected chi connectivity index (χ4v) is 2.74. The summed E-state index contributed by atoms with van der Waals surface area (Å²) in [4.78, 5) is 17.6. The summed E-state index contributed by atoms with van der Waals surface area (Å²) in [5, 5.41) is 0. The SMILES string of the molecule is CCN(CC)C(=O)c1[nH]c2c(c1C)CCCC2. The molecule has 17 heavy (non-hydrogen) atoms. The molecule has 94 valence electrons. The maximum atomic E-state index is 12.3. The van der Waals surface area contributed by atoms with Crippen molar-refractivity contribution in [1.82, 2.24) is 9.88 Å². The molecule has 0 saturated heterocycles. The van der Waals surface area contributed by atoms with Crippen LogP contribution >= 0.6 is 0 Å². The lowest BCUT2D eigenvalue weighted by Gasteiger charge is -2.18. The van der Waals surface area contributed by atoms with E-state index in [9.17, 15) is 4.79 Å². The predicted molar refractivity (Wildman–Crippen MR) is 69.4 cm³/mol. The number of carbonyl (C=O) groups is 1. The summed E-state index contributed by atoms with van der Waals surface area (Å²) < 4.78 is 0. The number of rotatable bonds is 3. The molecular weight excluding hydrogens is 212 g/mol. The van der Waals surface area contributed by atoms with Crippen molar-refractivity contribution in [2.45, 2.75) is 46.5 Å². The standard InChI is InChI=1S/C14H22N2O/c1-4-16(5-2)14(17)13-10(3)11-8-6-7-9-12(11)15-13/h15H,4-9H2,1-3H3. The predicted octanol–water partition coefficient (Wildman–Crippen LogP) is 2.68. The molecule has 0 unspecified atom stereocenters. The lowest BCUT2D eigenvalue weighted by Crippen LogP contribution is -2.31. The van der Waals surface area contributed by atoms with Gasteiger partial charge in [0.25, 0.3) is 5.91 Å². The third-order valence-electron chi connectivity index (χ3n) is 3.84. The van der Waals surface area contributed by atoms with Gasteiger partial charge in [-0.3, -0.25) is 4.79 Å². The van der Waals surface area contributed by atoms with Crippen molar-refractivity contribution in [1.29, 1.82) is 0 Å². The summed E-state index contributed by atoms with van der Waals surface area (Å²) in [5.74, 6) is 0.155. The normalized spacial score (nSPS) is 14.5. The van der Waals surface area contributed by atoms with Gasteiger partial charge in [-0.1, -0.05) is 0 Å². The summed E-state index contributed by atoms with van der Waals surface area (Å²) in [6, 6.07) is 0. The number of aromatic nitrogens is 1. The number of nitrogens with one attached hydrogen (secondary N) is 1. The van der Waals surface area contributed by atoms with Gasteiger partial charge in [-0.15, -0.1) is 0 Å². The summed E-state index contributed by atoms with van der Waals surface area (Å²) in [6.07, 6.45) is 4.72. The van der Waals surface area contributed by atoms with Gasteiger partial charge in [0.15, 0.2) is 0 Å². The van der Waals surface area contributed by atoms with Crippen molar-refractivity contribution in [2.75, 3.05) is 13.1 Å². The molecule has 1 aromatic heterocycles. The molecule has 3 nitrogen and oxygen atoms in total. The lowest BCUT2D eigenvalue weighted by molar-refractivity contribution is 0.0767. The average molecular weight is 234 g/mol. The Morgan fingerprint density at radius 1 is 1.24 bits per heavy atom. The quantitative estimate of drug-likeness (QED) is 0.857. The molecule has 0 aromatic carbocycles. The van der Waals surface area contributed by atoms with Crippen LogP contribution in [0.15, 0.2) is 0 Å². The van der Waals surface area contributed by atoms with Crippen LogP contribution in [-0.4, -0.2) is 28.9 Å². The van der Waals surface area contributed by atoms with E-state index >= 15 is 0 Å². The molecule has 2 rings (SSSR count). The second-order valence-corrected chi connectivity index (χ2v) is 4.77. The number of carbonyl (C=O) groups excluding carboxylic acids is 1. The summed E-state index contributed by atoms with van der Waals surface area (Å²) in [7, 11) is 0. The number of nitrogens with zero attached hydrogens (tertiary/aromatic N) is 1. The van der Waals surface area contributed by atoms with Crippen molar-refractivity contribution in [2.24, 2.45) is 0 Å². The van der Waals surface area contributed by atoms with Gasteiger partial charge in [-0.25, -0.2) is 0 Å². The summed E-state index contributed by atoms with van der Waals surface area (Å²) in [5.41, 5.74) is 4.69. The van der Waals surface area contributed by atoms with Crippen molar-refractivity contribution >= 4 is 5.91 Å². The van der Waals surface area contributed by atoms with Crippen LogP contribution in [0.5, 0.6) is 0 Å². The third kappa shape index (κ3) is 2.11. The number of aryl methyl sites for hydroxylation is 1. The number of aromatic amines is 1. The maximum Gasteiger partial charge on any atom is 0.270 e. The molecule has 0 aliphatic heterocycles. The zero-order valence-corrected chi connectivity index (χ0v) is 11.1. The molecule has 0 spiro atoms. The Morgan fingerprint density at radius 3 is 2.47 bits per heavy atom. The number of hydrogen-bond donors (Lipinski definition) is 1. The molecule has 0 radical (unpaired) electrons. The van der Waals surface area contributed by atoms with Crippen molar-refractivity contribution in [3.05, 3.63) is 22.5 Å². The van der Waals surface area contributed by atoms with Gasteiger partial charge < -0.3 is 9.88 Å². The van der Waals surface area contributed by atoms with Gasteiger partial charge in [0.05, 0.1) is 0 Å². The monoisotopic (exact) mass is 234 g/mol. The van der Waals surface area contributed by atoms with Crippen LogP contribution in [0, 0.1) is 6.92 Å². The van der Waals surface area contributed by atoms with E-state index in [-0.39, 0.29) is 5.91 Å². The number of fused-ring (bicyclic) bond motifs is 1. The number of hydrogen-bond acceptors (Lipinski definition) is 1. The molecule has 0 atom stereocenters. The van der Waals surface area contributed by atoms with Crippen LogP contribution in [0.3, 0.4) is 0 Å². The average Bonchev–Trinajstić information content (AvgIpc) is 2.69. The fourth-order valence-electron chi connectivity index (χ4n) is 2.74. The van der Waals surface area contributed by atoms with Gasteiger partial charge >= 0.3 is 0 Å². The zero-order chi connectivity index (χ0) is 12.4. The van der Waals surface area contributed by atoms with Crippen molar-refractivity contribution in [3.8, 4) is 0 Å². The first-order valence-corrected chi connectivity index (χ1v) is 6.68. The fraction of sp³-hybridized carbons (Fsp3) is 0.643. The number of H-pyrrole nitrogens is 1. The second-order valence-electron chi connectivity index (χ2n) is 4.77. The van der Waals surface area contributed by atoms with E-state index in [1.165, 1.54) is 29.7 Å². The van der Waals surface area contributed by atoms with Crippen LogP contribution in [0.1, 0.15) is 54.0 Å². The van der Waals surface area contributed by atoms with Gasteiger partial charge in [0.2, 0.25) is 0 Å². The molecule has 0 bridgehead atoms. The van der Waals surface area contributed by atoms with Crippen LogP contribution in [-0.2, 0) is 12.8 Å². The molecule has 1 aliphatic rings. The van der Waals surface area contributed by atoms with E-state index < -0.39 is 0 Å². The van der Waals surface area contributed by atoms with Crippen molar-refractivity contribution < 1.29 is 4.79 Å². The lowest BCUT2D eigenvalue weighted by atomic mass is 9.95. The van der Waals surface area contributed by atoms with Crippen molar-refractivity contribution in [3.63, 3.8) is 0 Å². The molecule has 0 saturated carbocycles. The maximum absolute atomic E-state index is 12.3. The molecule has 1 amide bonds. The van der Waals surface area contributed by atoms with Gasteiger partial charge in [-0.2, -0.15) is 0 Å². The summed E-state index contributed by atoms with van der Waals surface area (Å²) in [6.45, 7) is 7.69. The van der Waals surface area contributed by atoms with E-state index in [4.69, 9.17) is 0 Å². The highest BCUT2D eigenvalue weighted by Crippen LogP contribution is 2.26. The summed E-state index contributed by atoms with van der Waals surface area (Å²) >= 11 is 0. The highest BCUT2D eigenvalue weighted by molar-refractivity contribution is 5.94.